The number of rotatable bonds is 5. The third kappa shape index (κ3) is 3.61. The quantitative estimate of drug-likeness (QED) is 0.554. The number of hydrogen-bond donors (Lipinski definition) is 1. The molecule has 27 heavy (non-hydrogen) atoms. The number of nitriles is 1. The highest BCUT2D eigenvalue weighted by molar-refractivity contribution is 6.18. The van der Waals surface area contributed by atoms with E-state index in [1.165, 1.54) is 7.11 Å². The summed E-state index contributed by atoms with van der Waals surface area (Å²) in [5, 5.41) is 15.3. The van der Waals surface area contributed by atoms with Gasteiger partial charge in [0.1, 0.15) is 6.04 Å². The summed E-state index contributed by atoms with van der Waals surface area (Å²) in [6.45, 7) is 1.74. The number of hydrogen-bond acceptors (Lipinski definition) is 4. The number of nitrogens with zero attached hydrogens (tertiary/aromatic N) is 1. The first-order valence-electron chi connectivity index (χ1n) is 8.73. The van der Waals surface area contributed by atoms with Gasteiger partial charge in [-0.25, -0.2) is 4.79 Å². The first-order valence-corrected chi connectivity index (χ1v) is 8.73. The molecule has 0 radical (unpaired) electrons. The summed E-state index contributed by atoms with van der Waals surface area (Å²) < 4.78 is 4.83. The summed E-state index contributed by atoms with van der Waals surface area (Å²) in [5.74, 6) is -1.29. The van der Waals surface area contributed by atoms with E-state index in [9.17, 15) is 9.59 Å². The third-order valence-electron chi connectivity index (χ3n) is 4.72. The summed E-state index contributed by atoms with van der Waals surface area (Å²) in [4.78, 5) is 25.4. The molecule has 0 spiro atoms. The summed E-state index contributed by atoms with van der Waals surface area (Å²) in [5.41, 5.74) is 0.516. The molecule has 1 amide bonds. The molecule has 0 saturated carbocycles. The lowest BCUT2D eigenvalue weighted by Crippen LogP contribution is -2.45. The number of amides is 1. The van der Waals surface area contributed by atoms with Gasteiger partial charge in [0, 0.05) is 12.3 Å². The van der Waals surface area contributed by atoms with Crippen molar-refractivity contribution < 1.29 is 14.3 Å². The van der Waals surface area contributed by atoms with E-state index in [2.05, 4.69) is 5.32 Å². The predicted molar refractivity (Wildman–Crippen MR) is 104 cm³/mol. The number of carbonyl (C=O) groups excluding carboxylic acids is 2. The molecule has 3 aromatic rings. The van der Waals surface area contributed by atoms with Crippen molar-refractivity contribution in [2.45, 2.75) is 19.4 Å². The molecule has 3 rings (SSSR count). The SMILES string of the molecule is COC(=O)[C@@H](NC(=O)c1c2ccccc2cc2ccccc12)[C@@H](C)CC#N. The molecule has 0 heterocycles. The fraction of sp³-hybridized carbons (Fsp3) is 0.227. The Bertz CT molecular complexity index is 998. The van der Waals surface area contributed by atoms with Crippen LogP contribution < -0.4 is 5.32 Å². The first-order chi connectivity index (χ1) is 13.1. The highest BCUT2D eigenvalue weighted by atomic mass is 16.5. The van der Waals surface area contributed by atoms with Crippen LogP contribution in [0.4, 0.5) is 0 Å². The van der Waals surface area contributed by atoms with Gasteiger partial charge in [-0.15, -0.1) is 0 Å². The Balaban J connectivity index is 2.10. The van der Waals surface area contributed by atoms with Crippen LogP contribution in [-0.4, -0.2) is 25.0 Å². The van der Waals surface area contributed by atoms with Crippen molar-refractivity contribution in [3.8, 4) is 6.07 Å². The molecule has 5 nitrogen and oxygen atoms in total. The number of fused-ring (bicyclic) bond motifs is 2. The summed E-state index contributed by atoms with van der Waals surface area (Å²) in [7, 11) is 1.27. The van der Waals surface area contributed by atoms with Crippen LogP contribution >= 0.6 is 0 Å². The number of nitrogens with one attached hydrogen (secondary N) is 1. The second-order valence-corrected chi connectivity index (χ2v) is 6.51. The zero-order valence-electron chi connectivity index (χ0n) is 15.2. The zero-order valence-corrected chi connectivity index (χ0v) is 15.2. The topological polar surface area (TPSA) is 79.2 Å². The molecular weight excluding hydrogens is 340 g/mol. The minimum absolute atomic E-state index is 0.135. The zero-order chi connectivity index (χ0) is 19.4. The van der Waals surface area contributed by atoms with Crippen LogP contribution in [0.15, 0.2) is 54.6 Å². The molecule has 0 aromatic heterocycles. The Morgan fingerprint density at radius 1 is 1.07 bits per heavy atom. The Hall–Kier alpha value is -3.39. The number of ether oxygens (including phenoxy) is 1. The maximum atomic E-state index is 13.2. The molecule has 0 unspecified atom stereocenters. The average molecular weight is 360 g/mol. The van der Waals surface area contributed by atoms with Crippen LogP contribution in [0.2, 0.25) is 0 Å². The highest BCUT2D eigenvalue weighted by Crippen LogP contribution is 2.28. The first kappa shape index (κ1) is 18.4. The van der Waals surface area contributed by atoms with E-state index in [4.69, 9.17) is 10.00 Å². The van der Waals surface area contributed by atoms with Gasteiger partial charge in [0.2, 0.25) is 0 Å². The molecule has 0 aliphatic carbocycles. The van der Waals surface area contributed by atoms with Crippen molar-refractivity contribution in [1.82, 2.24) is 5.32 Å². The van der Waals surface area contributed by atoms with Crippen LogP contribution in [-0.2, 0) is 9.53 Å². The summed E-state index contributed by atoms with van der Waals surface area (Å²) >= 11 is 0. The molecule has 2 atom stereocenters. The van der Waals surface area contributed by atoms with E-state index in [1.54, 1.807) is 6.92 Å². The molecular formula is C22H20N2O3. The second kappa shape index (κ2) is 7.88. The molecule has 0 fully saturated rings. The molecule has 0 bridgehead atoms. The largest absolute Gasteiger partial charge is 0.467 e. The average Bonchev–Trinajstić information content (AvgIpc) is 2.69. The van der Waals surface area contributed by atoms with Crippen molar-refractivity contribution in [2.75, 3.05) is 7.11 Å². The van der Waals surface area contributed by atoms with E-state index in [-0.39, 0.29) is 18.2 Å². The van der Waals surface area contributed by atoms with E-state index in [0.717, 1.165) is 21.5 Å². The fourth-order valence-electron chi connectivity index (χ4n) is 3.29. The monoisotopic (exact) mass is 360 g/mol. The van der Waals surface area contributed by atoms with Crippen molar-refractivity contribution >= 4 is 33.4 Å². The normalized spacial score (nSPS) is 12.9. The molecule has 3 aromatic carbocycles. The van der Waals surface area contributed by atoms with Crippen molar-refractivity contribution in [1.29, 1.82) is 5.26 Å². The van der Waals surface area contributed by atoms with Crippen LogP contribution in [0.1, 0.15) is 23.7 Å². The van der Waals surface area contributed by atoms with Gasteiger partial charge in [0.15, 0.2) is 0 Å². The van der Waals surface area contributed by atoms with Crippen molar-refractivity contribution in [2.24, 2.45) is 5.92 Å². The Morgan fingerprint density at radius 2 is 1.63 bits per heavy atom. The Kier molecular flexibility index (Phi) is 5.37. The lowest BCUT2D eigenvalue weighted by molar-refractivity contribution is -0.144. The molecule has 0 aliphatic heterocycles. The van der Waals surface area contributed by atoms with Gasteiger partial charge in [0.05, 0.1) is 18.7 Å². The number of methoxy groups -OCH3 is 1. The van der Waals surface area contributed by atoms with Gasteiger partial charge >= 0.3 is 5.97 Å². The van der Waals surface area contributed by atoms with Gasteiger partial charge < -0.3 is 10.1 Å². The fourth-order valence-corrected chi connectivity index (χ4v) is 3.29. The van der Waals surface area contributed by atoms with E-state index in [0.29, 0.717) is 5.56 Å². The molecule has 5 heteroatoms. The Morgan fingerprint density at radius 3 is 2.15 bits per heavy atom. The van der Waals surface area contributed by atoms with Crippen LogP contribution in [0, 0.1) is 17.2 Å². The second-order valence-electron chi connectivity index (χ2n) is 6.51. The molecule has 0 aliphatic rings. The van der Waals surface area contributed by atoms with Crippen LogP contribution in [0.3, 0.4) is 0 Å². The number of esters is 1. The maximum absolute atomic E-state index is 13.2. The Labute approximate surface area is 157 Å². The lowest BCUT2D eigenvalue weighted by atomic mass is 9.94. The molecule has 1 N–H and O–H groups in total. The molecule has 136 valence electrons. The molecule has 0 saturated heterocycles. The van der Waals surface area contributed by atoms with E-state index < -0.39 is 12.0 Å². The summed E-state index contributed by atoms with van der Waals surface area (Å²) in [6.07, 6.45) is 0.135. The van der Waals surface area contributed by atoms with Gasteiger partial charge in [-0.2, -0.15) is 5.26 Å². The van der Waals surface area contributed by atoms with E-state index >= 15 is 0 Å². The van der Waals surface area contributed by atoms with Crippen LogP contribution in [0.25, 0.3) is 21.5 Å². The van der Waals surface area contributed by atoms with Crippen molar-refractivity contribution in [3.05, 3.63) is 60.2 Å². The maximum Gasteiger partial charge on any atom is 0.328 e. The minimum Gasteiger partial charge on any atom is -0.467 e. The third-order valence-corrected chi connectivity index (χ3v) is 4.72. The van der Waals surface area contributed by atoms with Crippen molar-refractivity contribution in [3.63, 3.8) is 0 Å². The smallest absolute Gasteiger partial charge is 0.328 e. The number of benzene rings is 3. The minimum atomic E-state index is -0.889. The van der Waals surface area contributed by atoms with Gasteiger partial charge in [0.25, 0.3) is 5.91 Å². The standard InChI is InChI=1S/C22H20N2O3/c1-14(11-12-23)20(22(26)27-2)24-21(25)19-17-9-5-3-7-15(17)13-16-8-4-6-10-18(16)19/h3-10,13-14,20H,11H2,1-2H3,(H,24,25)/t14-,20-/m0/s1. The van der Waals surface area contributed by atoms with Crippen LogP contribution in [0.5, 0.6) is 0 Å². The van der Waals surface area contributed by atoms with Gasteiger partial charge in [-0.05, 0) is 27.6 Å². The van der Waals surface area contributed by atoms with Gasteiger partial charge in [-0.3, -0.25) is 4.79 Å². The predicted octanol–water partition coefficient (Wildman–Crippen LogP) is 3.81. The highest BCUT2D eigenvalue weighted by Gasteiger charge is 2.29. The summed E-state index contributed by atoms with van der Waals surface area (Å²) in [6, 6.07) is 18.5. The lowest BCUT2D eigenvalue weighted by Gasteiger charge is -2.22. The van der Waals surface area contributed by atoms with Gasteiger partial charge in [-0.1, -0.05) is 55.5 Å². The number of carbonyl (C=O) groups is 2. The van der Waals surface area contributed by atoms with E-state index in [1.807, 2.05) is 60.7 Å².